The highest BCUT2D eigenvalue weighted by atomic mass is 79.9. The van der Waals surface area contributed by atoms with E-state index in [1.807, 2.05) is 0 Å². The standard InChI is InChI=1S/C11H11BrClNO3/c1-6(11(16)17-2)14-10(15)8-5-7(12)3-4-9(8)13/h3-6H,1-2H3,(H,14,15)/t6-/m1/s1. The van der Waals surface area contributed by atoms with Crippen LogP contribution in [-0.4, -0.2) is 25.0 Å². The Hall–Kier alpha value is -1.07. The van der Waals surface area contributed by atoms with Crippen molar-refractivity contribution in [2.45, 2.75) is 13.0 Å². The van der Waals surface area contributed by atoms with Gasteiger partial charge in [0.15, 0.2) is 0 Å². The van der Waals surface area contributed by atoms with Gasteiger partial charge < -0.3 is 10.1 Å². The van der Waals surface area contributed by atoms with Crippen molar-refractivity contribution in [3.8, 4) is 0 Å². The molecule has 0 aliphatic heterocycles. The Kier molecular flexibility index (Phi) is 4.96. The molecule has 0 aromatic heterocycles. The highest BCUT2D eigenvalue weighted by Crippen LogP contribution is 2.20. The molecule has 0 radical (unpaired) electrons. The molecular formula is C11H11BrClNO3. The summed E-state index contributed by atoms with van der Waals surface area (Å²) in [5.74, 6) is -0.932. The van der Waals surface area contributed by atoms with E-state index in [9.17, 15) is 9.59 Å². The Morgan fingerprint density at radius 3 is 2.71 bits per heavy atom. The molecule has 17 heavy (non-hydrogen) atoms. The molecule has 0 fully saturated rings. The zero-order chi connectivity index (χ0) is 13.0. The molecule has 1 amide bonds. The summed E-state index contributed by atoms with van der Waals surface area (Å²) in [5.41, 5.74) is 0.303. The average molecular weight is 321 g/mol. The minimum Gasteiger partial charge on any atom is -0.467 e. The third kappa shape index (κ3) is 3.71. The summed E-state index contributed by atoms with van der Waals surface area (Å²) in [6.07, 6.45) is 0. The van der Waals surface area contributed by atoms with Crippen molar-refractivity contribution in [3.05, 3.63) is 33.3 Å². The van der Waals surface area contributed by atoms with E-state index >= 15 is 0 Å². The number of amides is 1. The van der Waals surface area contributed by atoms with E-state index in [0.717, 1.165) is 4.47 Å². The van der Waals surface area contributed by atoms with Crippen LogP contribution < -0.4 is 5.32 Å². The summed E-state index contributed by atoms with van der Waals surface area (Å²) < 4.78 is 5.24. The van der Waals surface area contributed by atoms with E-state index in [1.165, 1.54) is 14.0 Å². The van der Waals surface area contributed by atoms with Gasteiger partial charge in [0.25, 0.3) is 5.91 Å². The first-order valence-electron chi connectivity index (χ1n) is 4.79. The number of benzene rings is 1. The second kappa shape index (κ2) is 6.02. The molecule has 0 aliphatic carbocycles. The SMILES string of the molecule is COC(=O)[C@@H](C)NC(=O)c1cc(Br)ccc1Cl. The maximum atomic E-state index is 11.8. The molecule has 0 heterocycles. The molecule has 4 nitrogen and oxygen atoms in total. The number of nitrogens with one attached hydrogen (secondary N) is 1. The molecule has 1 aromatic rings. The first-order valence-corrected chi connectivity index (χ1v) is 5.96. The molecule has 0 bridgehead atoms. The Labute approximate surface area is 112 Å². The van der Waals surface area contributed by atoms with Crippen LogP contribution in [0.1, 0.15) is 17.3 Å². The normalized spacial score (nSPS) is 11.8. The van der Waals surface area contributed by atoms with Crippen LogP contribution in [0.25, 0.3) is 0 Å². The first-order chi connectivity index (χ1) is 7.95. The van der Waals surface area contributed by atoms with Gasteiger partial charge in [-0.15, -0.1) is 0 Å². The number of rotatable bonds is 3. The lowest BCUT2D eigenvalue weighted by Gasteiger charge is -2.12. The van der Waals surface area contributed by atoms with Gasteiger partial charge in [-0.05, 0) is 25.1 Å². The van der Waals surface area contributed by atoms with Crippen molar-refractivity contribution >= 4 is 39.4 Å². The molecule has 0 unspecified atom stereocenters. The molecule has 1 atom stereocenters. The van der Waals surface area contributed by atoms with Crippen LogP contribution in [0.2, 0.25) is 5.02 Å². The largest absolute Gasteiger partial charge is 0.467 e. The predicted molar refractivity (Wildman–Crippen MR) is 68.1 cm³/mol. The fourth-order valence-corrected chi connectivity index (χ4v) is 1.75. The summed E-state index contributed by atoms with van der Waals surface area (Å²) in [5, 5.41) is 2.82. The number of hydrogen-bond acceptors (Lipinski definition) is 3. The third-order valence-corrected chi connectivity index (χ3v) is 2.90. The minimum atomic E-state index is -0.720. The molecule has 0 spiro atoms. The Bertz CT molecular complexity index is 450. The van der Waals surface area contributed by atoms with Gasteiger partial charge in [0, 0.05) is 4.47 Å². The van der Waals surface area contributed by atoms with Crippen LogP contribution in [0.5, 0.6) is 0 Å². The van der Waals surface area contributed by atoms with E-state index in [-0.39, 0.29) is 0 Å². The zero-order valence-electron chi connectivity index (χ0n) is 9.29. The van der Waals surface area contributed by atoms with Crippen molar-refractivity contribution in [2.24, 2.45) is 0 Å². The average Bonchev–Trinajstić information content (AvgIpc) is 2.30. The van der Waals surface area contributed by atoms with Gasteiger partial charge in [-0.25, -0.2) is 4.79 Å². The molecule has 0 aliphatic rings. The van der Waals surface area contributed by atoms with E-state index in [4.69, 9.17) is 11.6 Å². The first kappa shape index (κ1) is 14.0. The van der Waals surface area contributed by atoms with E-state index < -0.39 is 17.9 Å². The molecule has 92 valence electrons. The summed E-state index contributed by atoms with van der Waals surface area (Å²) in [7, 11) is 1.26. The molecule has 1 rings (SSSR count). The number of hydrogen-bond donors (Lipinski definition) is 1. The van der Waals surface area contributed by atoms with E-state index in [0.29, 0.717) is 10.6 Å². The second-order valence-corrected chi connectivity index (χ2v) is 4.67. The van der Waals surface area contributed by atoms with Crippen molar-refractivity contribution in [2.75, 3.05) is 7.11 Å². The van der Waals surface area contributed by atoms with Crippen LogP contribution in [0.3, 0.4) is 0 Å². The Balaban J connectivity index is 2.83. The minimum absolute atomic E-state index is 0.303. The summed E-state index contributed by atoms with van der Waals surface area (Å²) in [4.78, 5) is 23.0. The van der Waals surface area contributed by atoms with Crippen molar-refractivity contribution in [1.29, 1.82) is 0 Å². The Morgan fingerprint density at radius 1 is 1.47 bits per heavy atom. The quantitative estimate of drug-likeness (QED) is 0.870. The van der Waals surface area contributed by atoms with Crippen LogP contribution >= 0.6 is 27.5 Å². The summed E-state index contributed by atoms with van der Waals surface area (Å²) in [6, 6.07) is 4.19. The van der Waals surface area contributed by atoms with Gasteiger partial charge in [-0.2, -0.15) is 0 Å². The van der Waals surface area contributed by atoms with Crippen molar-refractivity contribution in [3.63, 3.8) is 0 Å². The van der Waals surface area contributed by atoms with Crippen LogP contribution in [0, 0.1) is 0 Å². The van der Waals surface area contributed by atoms with Gasteiger partial charge >= 0.3 is 5.97 Å². The number of carbonyl (C=O) groups excluding carboxylic acids is 2. The maximum Gasteiger partial charge on any atom is 0.328 e. The predicted octanol–water partition coefficient (Wildman–Crippen LogP) is 2.39. The van der Waals surface area contributed by atoms with Gasteiger partial charge in [-0.1, -0.05) is 27.5 Å². The number of carbonyl (C=O) groups is 2. The van der Waals surface area contributed by atoms with E-state index in [1.54, 1.807) is 18.2 Å². The van der Waals surface area contributed by atoms with Gasteiger partial charge in [0.2, 0.25) is 0 Å². The summed E-state index contributed by atoms with van der Waals surface area (Å²) in [6.45, 7) is 1.54. The molecule has 1 aromatic carbocycles. The van der Waals surface area contributed by atoms with Crippen LogP contribution in [0.15, 0.2) is 22.7 Å². The lowest BCUT2D eigenvalue weighted by Crippen LogP contribution is -2.39. The van der Waals surface area contributed by atoms with Crippen LogP contribution in [-0.2, 0) is 9.53 Å². The monoisotopic (exact) mass is 319 g/mol. The molecule has 1 N–H and O–H groups in total. The Morgan fingerprint density at radius 2 is 2.12 bits per heavy atom. The maximum absolute atomic E-state index is 11.8. The number of methoxy groups -OCH3 is 1. The van der Waals surface area contributed by atoms with E-state index in [2.05, 4.69) is 26.0 Å². The number of esters is 1. The topological polar surface area (TPSA) is 55.4 Å². The molecule has 6 heteroatoms. The number of ether oxygens (including phenoxy) is 1. The fraction of sp³-hybridized carbons (Fsp3) is 0.273. The fourth-order valence-electron chi connectivity index (χ4n) is 1.18. The second-order valence-electron chi connectivity index (χ2n) is 3.34. The lowest BCUT2D eigenvalue weighted by atomic mass is 10.2. The lowest BCUT2D eigenvalue weighted by molar-refractivity contribution is -0.142. The van der Waals surface area contributed by atoms with Gasteiger partial charge in [0.05, 0.1) is 17.7 Å². The smallest absolute Gasteiger partial charge is 0.328 e. The highest BCUT2D eigenvalue weighted by Gasteiger charge is 2.18. The van der Waals surface area contributed by atoms with Gasteiger partial charge in [0.1, 0.15) is 6.04 Å². The highest BCUT2D eigenvalue weighted by molar-refractivity contribution is 9.10. The van der Waals surface area contributed by atoms with Crippen LogP contribution in [0.4, 0.5) is 0 Å². The number of halogens is 2. The zero-order valence-corrected chi connectivity index (χ0v) is 11.6. The molecule has 0 saturated heterocycles. The van der Waals surface area contributed by atoms with Crippen molar-refractivity contribution < 1.29 is 14.3 Å². The third-order valence-electron chi connectivity index (χ3n) is 2.08. The summed E-state index contributed by atoms with van der Waals surface area (Å²) >= 11 is 9.13. The van der Waals surface area contributed by atoms with Crippen molar-refractivity contribution in [1.82, 2.24) is 5.32 Å². The van der Waals surface area contributed by atoms with Gasteiger partial charge in [-0.3, -0.25) is 4.79 Å². The molecular weight excluding hydrogens is 309 g/mol. The molecule has 0 saturated carbocycles.